The number of nitriles is 1. The van der Waals surface area contributed by atoms with Gasteiger partial charge in [0.15, 0.2) is 11.6 Å². The van der Waals surface area contributed by atoms with E-state index in [-0.39, 0.29) is 90.6 Å². The van der Waals surface area contributed by atoms with Crippen LogP contribution in [0.4, 0.5) is 28.6 Å². The van der Waals surface area contributed by atoms with Gasteiger partial charge in [-0.05, 0) is 79.6 Å². The third kappa shape index (κ3) is 16.3. The zero-order valence-electron chi connectivity index (χ0n) is 44.1. The monoisotopic (exact) mass is 1140 g/mol. The number of carbonyl (C=O) groups excluding carboxylic acids is 4. The molecule has 1 aromatic heterocycles. The number of esters is 1. The number of Topliss-reactive ketones (excluding diaryl/α,β-unsaturated/α-hetero) is 1. The minimum atomic E-state index is -2.34. The van der Waals surface area contributed by atoms with Gasteiger partial charge in [-0.3, -0.25) is 19.1 Å². The molecule has 2 atom stereocenters. The van der Waals surface area contributed by atoms with Gasteiger partial charge in [0, 0.05) is 23.3 Å². The topological polar surface area (TPSA) is 245 Å². The Morgan fingerprint density at radius 2 is 1.44 bits per heavy atom. The number of methoxy groups -OCH3 is 1. The number of phenols is 1. The molecule has 0 spiro atoms. The number of ether oxygens (including phenoxy) is 3. The average Bonchev–Trinajstić information content (AvgIpc) is 3.92. The van der Waals surface area contributed by atoms with E-state index in [1.807, 2.05) is 6.07 Å². The fourth-order valence-corrected chi connectivity index (χ4v) is 9.29. The van der Waals surface area contributed by atoms with Crippen molar-refractivity contribution in [2.45, 2.75) is 84.2 Å². The van der Waals surface area contributed by atoms with E-state index in [4.69, 9.17) is 41.6 Å². The number of phenolic OH excluding ortho intramolecular Hbond substituents is 1. The molecule has 0 saturated carbocycles. The van der Waals surface area contributed by atoms with Crippen LogP contribution in [0.1, 0.15) is 113 Å². The van der Waals surface area contributed by atoms with E-state index < -0.39 is 40.9 Å². The van der Waals surface area contributed by atoms with Crippen LogP contribution in [0.25, 0.3) is 5.69 Å². The van der Waals surface area contributed by atoms with Gasteiger partial charge in [-0.25, -0.2) is 9.48 Å². The summed E-state index contributed by atoms with van der Waals surface area (Å²) in [6.45, 7) is 4.07. The van der Waals surface area contributed by atoms with E-state index in [0.29, 0.717) is 11.1 Å². The maximum absolute atomic E-state index is 14.1. The Morgan fingerprint density at radius 3 is 2.12 bits per heavy atom. The highest BCUT2D eigenvalue weighted by atomic mass is 35.5. The summed E-state index contributed by atoms with van der Waals surface area (Å²) in [4.78, 5) is 54.2. The summed E-state index contributed by atoms with van der Waals surface area (Å²) >= 11 is 11.1. The first-order valence-electron chi connectivity index (χ1n) is 25.7. The number of rotatable bonds is 28. The van der Waals surface area contributed by atoms with E-state index in [1.165, 1.54) is 135 Å². The molecule has 21 heteroatoms. The summed E-state index contributed by atoms with van der Waals surface area (Å²) < 4.78 is 40.2. The lowest BCUT2D eigenvalue weighted by Crippen LogP contribution is -2.40. The van der Waals surface area contributed by atoms with Gasteiger partial charge in [-0.2, -0.15) is 14.6 Å². The highest BCUT2D eigenvalue weighted by Gasteiger charge is 2.31. The number of ketones is 1. The lowest BCUT2D eigenvalue weighted by atomic mass is 10.1. The Kier molecular flexibility index (Phi) is 21.7. The first-order chi connectivity index (χ1) is 38.8. The smallest absolute Gasteiger partial charge is 0.338 e. The number of aromatic nitrogens is 2. The van der Waals surface area contributed by atoms with Crippen molar-refractivity contribution in [3.8, 4) is 34.8 Å². The largest absolute Gasteiger partial charge is 0.505 e. The molecule has 0 radical (unpaired) electrons. The van der Waals surface area contributed by atoms with E-state index in [1.54, 1.807) is 55.5 Å². The van der Waals surface area contributed by atoms with E-state index in [0.717, 1.165) is 25.7 Å². The molecule has 0 bridgehead atoms. The summed E-state index contributed by atoms with van der Waals surface area (Å²) in [6.07, 6.45) is 10.9. The van der Waals surface area contributed by atoms with Crippen molar-refractivity contribution in [3.63, 3.8) is 0 Å². The van der Waals surface area contributed by atoms with Crippen LogP contribution in [0.3, 0.4) is 0 Å². The molecule has 6 aromatic carbocycles. The number of anilines is 3. The van der Waals surface area contributed by atoms with Gasteiger partial charge in [-0.1, -0.05) is 143 Å². The molecule has 18 nitrogen and oxygen atoms in total. The number of halogens is 2. The van der Waals surface area contributed by atoms with Gasteiger partial charge in [0.25, 0.3) is 11.8 Å². The number of nitrogens with one attached hydrogen (secondary N) is 3. The molecule has 7 aromatic rings. The second-order valence-electron chi connectivity index (χ2n) is 18.2. The second-order valence-corrected chi connectivity index (χ2v) is 19.9. The van der Waals surface area contributed by atoms with Crippen LogP contribution in [0.15, 0.2) is 144 Å². The standard InChI is InChI=1S/C59H58Cl2N8O10S/c1-4-5-6-7-8-9-10-11-12-19-29-77-59(74)41-27-28-51(76-3)48(31-41)64-58(73)55(54(71)39-21-15-13-16-22-39)78-45-26-20-25-43(32-45)68-80(75)79-52-35-46(60)50(34-47(52)61)69-56(42(36-62)37-63-69)67-66-44-30-38(2)53(70)49(33-44)65-57(72)40-23-17-14-18-24-40/h13-18,20-28,30-35,37,55,68,70H,4-12,19,29H2,1-3H3,(H,64,73)(H,65,72). The third-order valence-electron chi connectivity index (χ3n) is 12.3. The fraction of sp³-hybridized carbons (Fsp3) is 0.254. The van der Waals surface area contributed by atoms with Crippen LogP contribution in [0, 0.1) is 18.3 Å². The maximum atomic E-state index is 14.1. The predicted molar refractivity (Wildman–Crippen MR) is 307 cm³/mol. The van der Waals surface area contributed by atoms with Gasteiger partial charge in [0.2, 0.25) is 11.9 Å². The quantitative estimate of drug-likeness (QED) is 0.00893. The van der Waals surface area contributed by atoms with E-state index in [9.17, 15) is 33.8 Å². The van der Waals surface area contributed by atoms with Crippen molar-refractivity contribution in [2.75, 3.05) is 29.1 Å². The highest BCUT2D eigenvalue weighted by Crippen LogP contribution is 2.38. The molecule has 0 aliphatic rings. The number of nitrogens with zero attached hydrogens (tertiary/aromatic N) is 5. The Balaban J connectivity index is 1.01. The van der Waals surface area contributed by atoms with Gasteiger partial charge in [-0.15, -0.1) is 10.2 Å². The summed E-state index contributed by atoms with van der Waals surface area (Å²) in [6, 6.07) is 34.5. The van der Waals surface area contributed by atoms with Crippen LogP contribution in [-0.2, 0) is 20.8 Å². The van der Waals surface area contributed by atoms with Crippen molar-refractivity contribution in [1.29, 1.82) is 5.26 Å². The normalized spacial score (nSPS) is 11.8. The summed E-state index contributed by atoms with van der Waals surface area (Å²) in [7, 11) is 1.40. The first kappa shape index (κ1) is 59.1. The third-order valence-corrected chi connectivity index (χ3v) is 13.7. The van der Waals surface area contributed by atoms with Gasteiger partial charge in [0.05, 0.1) is 64.0 Å². The van der Waals surface area contributed by atoms with E-state index in [2.05, 4.69) is 37.6 Å². The summed E-state index contributed by atoms with van der Waals surface area (Å²) in [5.41, 5.74) is 1.85. The number of aromatic hydroxyl groups is 1. The molecule has 80 heavy (non-hydrogen) atoms. The van der Waals surface area contributed by atoms with Crippen molar-refractivity contribution >= 4 is 86.6 Å². The second kappa shape index (κ2) is 29.4. The lowest BCUT2D eigenvalue weighted by Gasteiger charge is -2.20. The number of carbonyl (C=O) groups is 4. The van der Waals surface area contributed by atoms with Crippen molar-refractivity contribution < 1.29 is 46.9 Å². The molecule has 0 aliphatic heterocycles. The lowest BCUT2D eigenvalue weighted by molar-refractivity contribution is -0.120. The Bertz CT molecular complexity index is 3410. The average molecular weight is 1140 g/mol. The molecule has 1 heterocycles. The molecular weight excluding hydrogens is 1080 g/mol. The fourth-order valence-electron chi connectivity index (χ4n) is 8.16. The molecular formula is C59H58Cl2N8O10S. The Morgan fingerprint density at radius 1 is 0.750 bits per heavy atom. The van der Waals surface area contributed by atoms with E-state index >= 15 is 0 Å². The molecule has 2 unspecified atom stereocenters. The molecule has 4 N–H and O–H groups in total. The minimum Gasteiger partial charge on any atom is -0.505 e. The first-order valence-corrected chi connectivity index (χ1v) is 27.6. The Labute approximate surface area is 475 Å². The van der Waals surface area contributed by atoms with Crippen LogP contribution < -0.4 is 29.0 Å². The Hall–Kier alpha value is -8.57. The zero-order valence-corrected chi connectivity index (χ0v) is 46.4. The van der Waals surface area contributed by atoms with Crippen molar-refractivity contribution in [1.82, 2.24) is 9.78 Å². The number of hydrogen-bond acceptors (Lipinski definition) is 14. The molecule has 0 saturated heterocycles. The van der Waals surface area contributed by atoms with Crippen molar-refractivity contribution in [2.24, 2.45) is 10.2 Å². The van der Waals surface area contributed by atoms with Gasteiger partial charge in [0.1, 0.15) is 28.9 Å². The molecule has 0 aliphatic carbocycles. The maximum Gasteiger partial charge on any atom is 0.338 e. The minimum absolute atomic E-state index is 0.0107. The predicted octanol–water partition coefficient (Wildman–Crippen LogP) is 14.2. The molecule has 2 amide bonds. The van der Waals surface area contributed by atoms with Gasteiger partial charge < -0.3 is 34.1 Å². The van der Waals surface area contributed by atoms with Crippen molar-refractivity contribution in [3.05, 3.63) is 171 Å². The number of azo groups is 1. The van der Waals surface area contributed by atoms with Crippen LogP contribution >= 0.6 is 23.2 Å². The van der Waals surface area contributed by atoms with Crippen LogP contribution in [0.2, 0.25) is 10.0 Å². The number of benzene rings is 6. The number of hydrogen-bond donors (Lipinski definition) is 4. The zero-order chi connectivity index (χ0) is 57.0. The summed E-state index contributed by atoms with van der Waals surface area (Å²) in [5, 5.41) is 38.8. The molecule has 0 fully saturated rings. The highest BCUT2D eigenvalue weighted by molar-refractivity contribution is 7.82. The summed E-state index contributed by atoms with van der Waals surface area (Å²) in [5.74, 6) is -2.69. The number of unbranched alkanes of at least 4 members (excludes halogenated alkanes) is 9. The van der Waals surface area contributed by atoms with Gasteiger partial charge >= 0.3 is 17.2 Å². The number of aryl methyl sites for hydroxylation is 1. The molecule has 414 valence electrons. The van der Waals surface area contributed by atoms with Crippen LogP contribution in [-0.4, -0.2) is 62.5 Å². The molecule has 7 rings (SSSR count). The number of amides is 2. The SMILES string of the molecule is CCCCCCCCCCCCOC(=O)c1ccc(OC)c(NC(=O)C(Oc2cccc(NS(=O)Oc3cc(Cl)c(-n4ncc(C#N)c4N=Nc4cc(C)c(O)c(NC(=O)c5ccccc5)c4)cc3Cl)c2)C(=O)c2ccccc2)c1. The van der Waals surface area contributed by atoms with Crippen LogP contribution in [0.5, 0.6) is 23.0 Å².